The summed E-state index contributed by atoms with van der Waals surface area (Å²) in [5, 5.41) is 3.24. The molecule has 0 radical (unpaired) electrons. The van der Waals surface area contributed by atoms with E-state index in [4.69, 9.17) is 10.5 Å². The smallest absolute Gasteiger partial charge is 0.409 e. The Bertz CT molecular complexity index is 521. The first kappa shape index (κ1) is 16.6. The quantitative estimate of drug-likeness (QED) is 0.656. The van der Waals surface area contributed by atoms with Gasteiger partial charge in [-0.25, -0.2) is 9.79 Å². The minimum Gasteiger partial charge on any atom is -0.450 e. The van der Waals surface area contributed by atoms with Crippen LogP contribution in [-0.2, 0) is 11.3 Å². The van der Waals surface area contributed by atoms with Crippen molar-refractivity contribution in [3.63, 3.8) is 0 Å². The first-order chi connectivity index (χ1) is 10.6. The van der Waals surface area contributed by atoms with Crippen LogP contribution < -0.4 is 11.1 Å². The van der Waals surface area contributed by atoms with Gasteiger partial charge in [0.25, 0.3) is 0 Å². The van der Waals surface area contributed by atoms with Gasteiger partial charge in [-0.1, -0.05) is 0 Å². The van der Waals surface area contributed by atoms with E-state index < -0.39 is 0 Å². The number of piperidine rings is 1. The summed E-state index contributed by atoms with van der Waals surface area (Å²) in [5.41, 5.74) is 5.94. The predicted octanol–water partition coefficient (Wildman–Crippen LogP) is 2.08. The van der Waals surface area contributed by atoms with Gasteiger partial charge in [0.2, 0.25) is 0 Å². The fourth-order valence-corrected chi connectivity index (χ4v) is 3.22. The Morgan fingerprint density at radius 1 is 1.50 bits per heavy atom. The highest BCUT2D eigenvalue weighted by Gasteiger charge is 2.23. The number of carbonyl (C=O) groups is 1. The van der Waals surface area contributed by atoms with Crippen molar-refractivity contribution >= 4 is 23.4 Å². The molecule has 1 fully saturated rings. The van der Waals surface area contributed by atoms with Crippen LogP contribution in [0.1, 0.15) is 29.5 Å². The maximum Gasteiger partial charge on any atom is 0.409 e. The third-order valence-corrected chi connectivity index (χ3v) is 4.56. The van der Waals surface area contributed by atoms with Crippen LogP contribution in [-0.4, -0.2) is 42.7 Å². The molecule has 0 aliphatic carbocycles. The molecule has 1 aliphatic rings. The van der Waals surface area contributed by atoms with E-state index in [2.05, 4.69) is 29.4 Å². The van der Waals surface area contributed by atoms with Crippen molar-refractivity contribution in [1.29, 1.82) is 0 Å². The molecule has 122 valence electrons. The van der Waals surface area contributed by atoms with Crippen LogP contribution >= 0.6 is 11.3 Å². The lowest BCUT2D eigenvalue weighted by Gasteiger charge is -2.31. The minimum absolute atomic E-state index is 0.226. The first-order valence-corrected chi connectivity index (χ1v) is 8.43. The zero-order valence-electron chi connectivity index (χ0n) is 13.2. The van der Waals surface area contributed by atoms with E-state index >= 15 is 0 Å². The summed E-state index contributed by atoms with van der Waals surface area (Å²) >= 11 is 1.74. The number of aliphatic imine (C=N–C) groups is 1. The van der Waals surface area contributed by atoms with Crippen LogP contribution in [0, 0.1) is 6.92 Å². The number of guanidine groups is 1. The van der Waals surface area contributed by atoms with Crippen molar-refractivity contribution in [3.8, 4) is 0 Å². The van der Waals surface area contributed by atoms with Crippen molar-refractivity contribution in [2.24, 2.45) is 10.7 Å². The predicted molar refractivity (Wildman–Crippen MR) is 89.1 cm³/mol. The number of hydrogen-bond acceptors (Lipinski definition) is 4. The molecule has 1 aromatic heterocycles. The molecule has 2 rings (SSSR count). The van der Waals surface area contributed by atoms with Gasteiger partial charge in [-0.2, -0.15) is 0 Å². The third-order valence-electron chi connectivity index (χ3n) is 3.57. The van der Waals surface area contributed by atoms with Gasteiger partial charge in [-0.3, -0.25) is 0 Å². The largest absolute Gasteiger partial charge is 0.450 e. The van der Waals surface area contributed by atoms with Gasteiger partial charge in [0.15, 0.2) is 5.96 Å². The molecule has 0 aromatic carbocycles. The zero-order valence-corrected chi connectivity index (χ0v) is 14.0. The number of rotatable bonds is 4. The maximum atomic E-state index is 11.6. The standard InChI is InChI=1S/C15H24N4O2S/c1-3-21-15(20)19-8-6-12(7-9-19)18-14(16)17-10-13-5-4-11(2)22-13/h4-5,12H,3,6-10H2,1-2H3,(H3,16,17,18). The van der Waals surface area contributed by atoms with Crippen LogP contribution in [0.3, 0.4) is 0 Å². The van der Waals surface area contributed by atoms with Crippen molar-refractivity contribution < 1.29 is 9.53 Å². The molecule has 6 nitrogen and oxygen atoms in total. The highest BCUT2D eigenvalue weighted by atomic mass is 32.1. The summed E-state index contributed by atoms with van der Waals surface area (Å²) in [4.78, 5) is 20.2. The molecule has 1 aliphatic heterocycles. The number of hydrogen-bond donors (Lipinski definition) is 2. The second-order valence-corrected chi connectivity index (χ2v) is 6.69. The van der Waals surface area contributed by atoms with Gasteiger partial charge in [0.1, 0.15) is 0 Å². The fourth-order valence-electron chi connectivity index (χ4n) is 2.41. The number of nitrogens with one attached hydrogen (secondary N) is 1. The number of amides is 1. The normalized spacial score (nSPS) is 16.6. The van der Waals surface area contributed by atoms with Gasteiger partial charge in [0.05, 0.1) is 13.2 Å². The highest BCUT2D eigenvalue weighted by molar-refractivity contribution is 7.11. The number of likely N-dealkylation sites (tertiary alicyclic amines) is 1. The lowest BCUT2D eigenvalue weighted by atomic mass is 10.1. The second-order valence-electron chi connectivity index (χ2n) is 5.32. The van der Waals surface area contributed by atoms with E-state index in [1.165, 1.54) is 9.75 Å². The average Bonchev–Trinajstić information content (AvgIpc) is 2.92. The lowest BCUT2D eigenvalue weighted by molar-refractivity contribution is 0.0963. The molecule has 1 aromatic rings. The van der Waals surface area contributed by atoms with Gasteiger partial charge in [-0.05, 0) is 38.8 Å². The van der Waals surface area contributed by atoms with E-state index in [0.29, 0.717) is 32.2 Å². The van der Waals surface area contributed by atoms with Crippen molar-refractivity contribution in [1.82, 2.24) is 10.2 Å². The summed E-state index contributed by atoms with van der Waals surface area (Å²) in [5.74, 6) is 0.473. The maximum absolute atomic E-state index is 11.6. The van der Waals surface area contributed by atoms with E-state index in [-0.39, 0.29) is 12.1 Å². The lowest BCUT2D eigenvalue weighted by Crippen LogP contribution is -2.48. The second kappa shape index (κ2) is 8.03. The van der Waals surface area contributed by atoms with Crippen LogP contribution in [0.2, 0.25) is 0 Å². The summed E-state index contributed by atoms with van der Waals surface area (Å²) in [7, 11) is 0. The molecule has 0 spiro atoms. The van der Waals surface area contributed by atoms with Gasteiger partial charge in [0, 0.05) is 28.9 Å². The van der Waals surface area contributed by atoms with Crippen molar-refractivity contribution in [2.45, 2.75) is 39.3 Å². The monoisotopic (exact) mass is 324 g/mol. The van der Waals surface area contributed by atoms with Crippen molar-refractivity contribution in [3.05, 3.63) is 21.9 Å². The number of nitrogens with two attached hydrogens (primary N) is 1. The molecule has 1 amide bonds. The molecular weight excluding hydrogens is 300 g/mol. The number of nitrogens with zero attached hydrogens (tertiary/aromatic N) is 2. The summed E-state index contributed by atoms with van der Waals surface area (Å²) < 4.78 is 5.01. The van der Waals surface area contributed by atoms with Gasteiger partial charge in [-0.15, -0.1) is 11.3 Å². The Balaban J connectivity index is 1.74. The van der Waals surface area contributed by atoms with Gasteiger partial charge < -0.3 is 20.7 Å². The van der Waals surface area contributed by atoms with E-state index in [1.54, 1.807) is 16.2 Å². The van der Waals surface area contributed by atoms with E-state index in [0.717, 1.165) is 12.8 Å². The molecule has 0 bridgehead atoms. The minimum atomic E-state index is -0.226. The molecular formula is C15H24N4O2S. The molecule has 3 N–H and O–H groups in total. The molecule has 0 atom stereocenters. The number of thiophene rings is 1. The number of aryl methyl sites for hydroxylation is 1. The molecule has 1 saturated heterocycles. The topological polar surface area (TPSA) is 80.0 Å². The van der Waals surface area contributed by atoms with Crippen LogP contribution in [0.5, 0.6) is 0 Å². The Labute approximate surface area is 135 Å². The number of ether oxygens (including phenoxy) is 1. The Kier molecular flexibility index (Phi) is 6.06. The third kappa shape index (κ3) is 4.91. The highest BCUT2D eigenvalue weighted by Crippen LogP contribution is 2.16. The fraction of sp³-hybridized carbons (Fsp3) is 0.600. The molecule has 0 saturated carbocycles. The van der Waals surface area contributed by atoms with Gasteiger partial charge >= 0.3 is 6.09 Å². The summed E-state index contributed by atoms with van der Waals surface area (Å²) in [6, 6.07) is 4.43. The molecule has 2 heterocycles. The summed E-state index contributed by atoms with van der Waals surface area (Å²) in [6.45, 7) is 6.30. The SMILES string of the molecule is CCOC(=O)N1CCC(NC(N)=NCc2ccc(C)s2)CC1. The Morgan fingerprint density at radius 3 is 2.82 bits per heavy atom. The van der Waals surface area contributed by atoms with E-state index in [1.807, 2.05) is 6.92 Å². The first-order valence-electron chi connectivity index (χ1n) is 7.62. The van der Waals surface area contributed by atoms with Crippen molar-refractivity contribution in [2.75, 3.05) is 19.7 Å². The molecule has 22 heavy (non-hydrogen) atoms. The molecule has 7 heteroatoms. The Hall–Kier alpha value is -1.76. The average molecular weight is 324 g/mol. The van der Waals surface area contributed by atoms with Crippen LogP contribution in [0.25, 0.3) is 0 Å². The van der Waals surface area contributed by atoms with Crippen LogP contribution in [0.15, 0.2) is 17.1 Å². The zero-order chi connectivity index (χ0) is 15.9. The summed E-state index contributed by atoms with van der Waals surface area (Å²) in [6.07, 6.45) is 1.48. The molecule has 0 unspecified atom stereocenters. The Morgan fingerprint density at radius 2 is 2.23 bits per heavy atom. The number of carbonyl (C=O) groups excluding carboxylic acids is 1. The van der Waals surface area contributed by atoms with E-state index in [9.17, 15) is 4.79 Å². The van der Waals surface area contributed by atoms with Crippen LogP contribution in [0.4, 0.5) is 4.79 Å².